The molecule has 6 heteroatoms. The molecule has 0 radical (unpaired) electrons. The van der Waals surface area contributed by atoms with E-state index in [1.165, 1.54) is 12.1 Å². The zero-order valence-electron chi connectivity index (χ0n) is 15.4. The molecule has 1 N–H and O–H groups in total. The van der Waals surface area contributed by atoms with Crippen molar-refractivity contribution in [2.75, 3.05) is 12.4 Å². The van der Waals surface area contributed by atoms with Crippen LogP contribution < -0.4 is 5.32 Å². The summed E-state index contributed by atoms with van der Waals surface area (Å²) in [6.07, 6.45) is 2.21. The molecule has 0 aliphatic heterocycles. The van der Waals surface area contributed by atoms with E-state index in [1.807, 2.05) is 50.6 Å². The molecule has 0 saturated carbocycles. The smallest absolute Gasteiger partial charge is 0.222 e. The van der Waals surface area contributed by atoms with Gasteiger partial charge in [-0.25, -0.2) is 4.39 Å². The van der Waals surface area contributed by atoms with Gasteiger partial charge in [0.05, 0.1) is 11.0 Å². The number of pyridine rings is 1. The normalized spacial score (nSPS) is 11.0. The van der Waals surface area contributed by atoms with E-state index in [-0.39, 0.29) is 16.5 Å². The molecule has 0 fully saturated rings. The molecule has 1 aromatic carbocycles. The molecule has 0 saturated heterocycles. The number of hydrogen-bond acceptors (Lipinski definition) is 3. The highest BCUT2D eigenvalue weighted by Crippen LogP contribution is 2.26. The molecule has 26 heavy (non-hydrogen) atoms. The molecule has 4 nitrogen and oxygen atoms in total. The minimum absolute atomic E-state index is 0.0405. The van der Waals surface area contributed by atoms with Gasteiger partial charge in [-0.2, -0.15) is 0 Å². The maximum Gasteiger partial charge on any atom is 0.222 e. The van der Waals surface area contributed by atoms with Gasteiger partial charge in [-0.15, -0.1) is 0 Å². The van der Waals surface area contributed by atoms with Crippen molar-refractivity contribution in [1.29, 1.82) is 0 Å². The van der Waals surface area contributed by atoms with Crippen molar-refractivity contribution in [3.8, 4) is 5.69 Å². The largest absolute Gasteiger partial charge is 0.374 e. The fraction of sp³-hybridized carbons (Fsp3) is 0.300. The number of carbonyl (C=O) groups excluding carboxylic acids is 1. The van der Waals surface area contributed by atoms with Crippen LogP contribution in [-0.2, 0) is 4.79 Å². The highest BCUT2D eigenvalue weighted by Gasteiger charge is 2.13. The topological polar surface area (TPSA) is 46.9 Å². The van der Waals surface area contributed by atoms with E-state index in [1.54, 1.807) is 18.3 Å². The van der Waals surface area contributed by atoms with Crippen LogP contribution in [0.1, 0.15) is 27.2 Å². The predicted molar refractivity (Wildman–Crippen MR) is 106 cm³/mol. The third kappa shape index (κ3) is 5.30. The number of benzene rings is 1. The molecule has 0 unspecified atom stereocenters. The number of halogens is 2. The van der Waals surface area contributed by atoms with Crippen LogP contribution >= 0.6 is 11.6 Å². The second-order valence-corrected chi connectivity index (χ2v) is 7.51. The average Bonchev–Trinajstić information content (AvgIpc) is 2.92. The van der Waals surface area contributed by atoms with E-state index < -0.39 is 0 Å². The van der Waals surface area contributed by atoms with Crippen LogP contribution in [0.5, 0.6) is 0 Å². The molecule has 0 bridgehead atoms. The summed E-state index contributed by atoms with van der Waals surface area (Å²) in [7, 11) is 1.86. The van der Waals surface area contributed by atoms with E-state index in [9.17, 15) is 9.18 Å². The Labute approximate surface area is 158 Å². The first-order valence-electron chi connectivity index (χ1n) is 8.30. The van der Waals surface area contributed by atoms with Crippen LogP contribution in [0.15, 0.2) is 48.7 Å². The molecule has 2 aromatic heterocycles. The lowest BCUT2D eigenvalue weighted by molar-refractivity contribution is -0.113. The zero-order chi connectivity index (χ0) is 19.3. The second-order valence-electron chi connectivity index (χ2n) is 7.09. The summed E-state index contributed by atoms with van der Waals surface area (Å²) in [6, 6.07) is 12.3. The third-order valence-electron chi connectivity index (χ3n) is 3.58. The number of anilines is 1. The highest BCUT2D eigenvalue weighted by molar-refractivity contribution is 6.63. The maximum absolute atomic E-state index is 13.0. The first kappa shape index (κ1) is 19.9. The summed E-state index contributed by atoms with van der Waals surface area (Å²) >= 11 is 5.12. The van der Waals surface area contributed by atoms with E-state index in [0.717, 1.165) is 22.5 Å². The third-order valence-corrected chi connectivity index (χ3v) is 3.72. The van der Waals surface area contributed by atoms with Crippen LogP contribution in [-0.4, -0.2) is 21.8 Å². The Morgan fingerprint density at radius 2 is 1.88 bits per heavy atom. The predicted octanol–water partition coefficient (Wildman–Crippen LogP) is 5.39. The van der Waals surface area contributed by atoms with Gasteiger partial charge in [-0.1, -0.05) is 20.8 Å². The Kier molecular flexibility index (Phi) is 6.37. The molecule has 0 atom stereocenters. The average molecular weight is 376 g/mol. The molecule has 0 aliphatic rings. The molecular formula is C20H23ClFN3O. The van der Waals surface area contributed by atoms with Crippen LogP contribution in [0, 0.1) is 11.2 Å². The maximum atomic E-state index is 13.0. The fourth-order valence-electron chi connectivity index (χ4n) is 2.50. The van der Waals surface area contributed by atoms with Crippen molar-refractivity contribution in [3.05, 3.63) is 54.5 Å². The van der Waals surface area contributed by atoms with Gasteiger partial charge in [-0.05, 0) is 53.4 Å². The number of carbonyl (C=O) groups is 1. The minimum Gasteiger partial charge on any atom is -0.374 e. The Hall–Kier alpha value is -2.40. The van der Waals surface area contributed by atoms with Gasteiger partial charge >= 0.3 is 0 Å². The molecule has 0 spiro atoms. The van der Waals surface area contributed by atoms with E-state index in [0.29, 0.717) is 6.42 Å². The first-order chi connectivity index (χ1) is 12.2. The van der Waals surface area contributed by atoms with Crippen LogP contribution in [0.3, 0.4) is 0 Å². The lowest BCUT2D eigenvalue weighted by atomic mass is 9.93. The van der Waals surface area contributed by atoms with Gasteiger partial charge in [-0.3, -0.25) is 14.3 Å². The SMILES string of the molecule is CC(C)(C)CC(=O)Cl.CNc1cc2ncccc2n1-c1ccc(F)cc1. The lowest BCUT2D eigenvalue weighted by Gasteiger charge is -2.13. The molecule has 138 valence electrons. The summed E-state index contributed by atoms with van der Waals surface area (Å²) in [5.41, 5.74) is 2.85. The van der Waals surface area contributed by atoms with Gasteiger partial charge in [0.25, 0.3) is 0 Å². The summed E-state index contributed by atoms with van der Waals surface area (Å²) in [5, 5.41) is 2.88. The van der Waals surface area contributed by atoms with Crippen LogP contribution in [0.4, 0.5) is 10.2 Å². The summed E-state index contributed by atoms with van der Waals surface area (Å²) in [5.74, 6) is 0.689. The fourth-order valence-corrected chi connectivity index (χ4v) is 2.90. The van der Waals surface area contributed by atoms with Crippen molar-refractivity contribution in [2.24, 2.45) is 5.41 Å². The number of fused-ring (bicyclic) bond motifs is 1. The second kappa shape index (κ2) is 8.32. The van der Waals surface area contributed by atoms with Crippen molar-refractivity contribution in [3.63, 3.8) is 0 Å². The summed E-state index contributed by atoms with van der Waals surface area (Å²) < 4.78 is 15.0. The Balaban J connectivity index is 0.000000260. The van der Waals surface area contributed by atoms with E-state index >= 15 is 0 Å². The van der Waals surface area contributed by atoms with Crippen molar-refractivity contribution < 1.29 is 9.18 Å². The molecule has 3 rings (SSSR count). The summed E-state index contributed by atoms with van der Waals surface area (Å²) in [4.78, 5) is 14.5. The molecule has 0 amide bonds. The molecular weight excluding hydrogens is 353 g/mol. The van der Waals surface area contributed by atoms with Gasteiger partial charge < -0.3 is 5.32 Å². The standard InChI is InChI=1S/C14H12FN3.C6H11ClO/c1-16-14-9-12-13(3-2-8-17-12)18(14)11-6-4-10(15)5-7-11;1-6(2,3)4-5(7)8/h2-9,16H,1H3;4H2,1-3H3. The molecule has 2 heterocycles. The van der Waals surface area contributed by atoms with Gasteiger partial charge in [0.15, 0.2) is 0 Å². The minimum atomic E-state index is -0.252. The molecule has 0 aliphatic carbocycles. The lowest BCUT2D eigenvalue weighted by Crippen LogP contribution is -2.08. The van der Waals surface area contributed by atoms with Gasteiger partial charge in [0.2, 0.25) is 5.24 Å². The summed E-state index contributed by atoms with van der Waals surface area (Å²) in [6.45, 7) is 5.94. The monoisotopic (exact) mass is 375 g/mol. The number of nitrogens with zero attached hydrogens (tertiary/aromatic N) is 2. The first-order valence-corrected chi connectivity index (χ1v) is 8.67. The van der Waals surface area contributed by atoms with Gasteiger partial charge in [0, 0.05) is 31.4 Å². The van der Waals surface area contributed by atoms with Crippen molar-refractivity contribution >= 4 is 33.7 Å². The highest BCUT2D eigenvalue weighted by atomic mass is 35.5. The van der Waals surface area contributed by atoms with E-state index in [2.05, 4.69) is 10.3 Å². The Bertz CT molecular complexity index is 882. The van der Waals surface area contributed by atoms with Crippen molar-refractivity contribution in [1.82, 2.24) is 9.55 Å². The van der Waals surface area contributed by atoms with Gasteiger partial charge in [0.1, 0.15) is 11.6 Å². The Morgan fingerprint density at radius 3 is 2.38 bits per heavy atom. The van der Waals surface area contributed by atoms with Crippen molar-refractivity contribution in [2.45, 2.75) is 27.2 Å². The Morgan fingerprint density at radius 1 is 1.23 bits per heavy atom. The zero-order valence-corrected chi connectivity index (χ0v) is 16.1. The number of aromatic nitrogens is 2. The number of rotatable bonds is 3. The number of nitrogens with one attached hydrogen (secondary N) is 1. The number of hydrogen-bond donors (Lipinski definition) is 1. The van der Waals surface area contributed by atoms with E-state index in [4.69, 9.17) is 11.6 Å². The quantitative estimate of drug-likeness (QED) is 0.624. The molecule has 3 aromatic rings. The van der Waals surface area contributed by atoms with Crippen LogP contribution in [0.25, 0.3) is 16.7 Å². The van der Waals surface area contributed by atoms with Crippen LogP contribution in [0.2, 0.25) is 0 Å².